The fraction of sp³-hybridized carbons (Fsp3) is 0.579. The van der Waals surface area contributed by atoms with E-state index in [4.69, 9.17) is 14.5 Å². The number of nitrogens with zero attached hydrogens (tertiary/aromatic N) is 4. The molecule has 1 saturated heterocycles. The molecule has 25 heavy (non-hydrogen) atoms. The number of hydrogen-bond donors (Lipinski definition) is 0. The third-order valence-corrected chi connectivity index (χ3v) is 5.31. The predicted octanol–water partition coefficient (Wildman–Crippen LogP) is 2.55. The summed E-state index contributed by atoms with van der Waals surface area (Å²) >= 11 is 0. The number of rotatable bonds is 5. The summed E-state index contributed by atoms with van der Waals surface area (Å²) in [7, 11) is 0. The third-order valence-electron chi connectivity index (χ3n) is 5.31. The van der Waals surface area contributed by atoms with E-state index in [0.717, 1.165) is 56.4 Å². The van der Waals surface area contributed by atoms with Gasteiger partial charge < -0.3 is 14.0 Å². The van der Waals surface area contributed by atoms with Crippen molar-refractivity contribution in [2.24, 2.45) is 0 Å². The second-order valence-electron chi connectivity index (χ2n) is 6.83. The van der Waals surface area contributed by atoms with Gasteiger partial charge in [0.1, 0.15) is 5.82 Å². The lowest BCUT2D eigenvalue weighted by molar-refractivity contribution is 0.00799. The van der Waals surface area contributed by atoms with Gasteiger partial charge in [-0.1, -0.05) is 6.07 Å². The Balaban J connectivity index is 1.39. The van der Waals surface area contributed by atoms with E-state index in [1.807, 2.05) is 24.4 Å². The maximum atomic E-state index is 5.86. The summed E-state index contributed by atoms with van der Waals surface area (Å²) in [5, 5.41) is 0. The average molecular weight is 342 g/mol. The molecule has 2 aliphatic rings. The zero-order valence-electron chi connectivity index (χ0n) is 14.8. The van der Waals surface area contributed by atoms with Crippen molar-refractivity contribution in [1.82, 2.24) is 19.4 Å². The highest BCUT2D eigenvalue weighted by atomic mass is 16.5. The van der Waals surface area contributed by atoms with Gasteiger partial charge >= 0.3 is 0 Å². The van der Waals surface area contributed by atoms with Gasteiger partial charge in [0.15, 0.2) is 0 Å². The molecule has 0 bridgehead atoms. The molecule has 0 amide bonds. The van der Waals surface area contributed by atoms with Crippen LogP contribution < -0.4 is 0 Å². The van der Waals surface area contributed by atoms with E-state index in [9.17, 15) is 0 Å². The van der Waals surface area contributed by atoms with Crippen LogP contribution in [0.1, 0.15) is 43.0 Å². The van der Waals surface area contributed by atoms with Crippen molar-refractivity contribution in [2.75, 3.05) is 19.8 Å². The molecule has 1 atom stereocenters. The first-order valence-electron chi connectivity index (χ1n) is 9.18. The lowest BCUT2D eigenvalue weighted by Crippen LogP contribution is -2.46. The second kappa shape index (κ2) is 7.64. The van der Waals surface area contributed by atoms with Gasteiger partial charge in [0, 0.05) is 38.5 Å². The number of aromatic nitrogens is 3. The summed E-state index contributed by atoms with van der Waals surface area (Å²) in [6.45, 7) is 7.20. The van der Waals surface area contributed by atoms with E-state index >= 15 is 0 Å². The van der Waals surface area contributed by atoms with Crippen LogP contribution in [0.5, 0.6) is 0 Å². The van der Waals surface area contributed by atoms with E-state index < -0.39 is 0 Å². The minimum absolute atomic E-state index is 0.349. The van der Waals surface area contributed by atoms with Crippen molar-refractivity contribution >= 4 is 0 Å². The van der Waals surface area contributed by atoms with Gasteiger partial charge in [0.2, 0.25) is 0 Å². The summed E-state index contributed by atoms with van der Waals surface area (Å²) in [5.74, 6) is 1.16. The van der Waals surface area contributed by atoms with Crippen LogP contribution in [0.15, 0.2) is 30.6 Å². The smallest absolute Gasteiger partial charge is 0.126 e. The Labute approximate surface area is 148 Å². The number of hydrogen-bond acceptors (Lipinski definition) is 5. The van der Waals surface area contributed by atoms with Gasteiger partial charge in [-0.3, -0.25) is 9.88 Å². The molecule has 4 heterocycles. The van der Waals surface area contributed by atoms with Crippen LogP contribution in [0.4, 0.5) is 0 Å². The van der Waals surface area contributed by atoms with Gasteiger partial charge in [-0.05, 0) is 31.9 Å². The molecule has 1 fully saturated rings. The Morgan fingerprint density at radius 1 is 1.16 bits per heavy atom. The molecule has 134 valence electrons. The van der Waals surface area contributed by atoms with E-state index in [1.54, 1.807) is 6.20 Å². The molecule has 0 N–H and O–H groups in total. The first-order chi connectivity index (χ1) is 12.3. The van der Waals surface area contributed by atoms with Crippen molar-refractivity contribution in [2.45, 2.75) is 51.6 Å². The second-order valence-corrected chi connectivity index (χ2v) is 6.83. The first kappa shape index (κ1) is 16.7. The highest BCUT2D eigenvalue weighted by molar-refractivity contribution is 5.11. The maximum absolute atomic E-state index is 5.86. The fourth-order valence-corrected chi connectivity index (χ4v) is 3.95. The largest absolute Gasteiger partial charge is 0.381 e. The molecule has 0 aliphatic carbocycles. The highest BCUT2D eigenvalue weighted by Crippen LogP contribution is 2.30. The topological polar surface area (TPSA) is 52.4 Å². The lowest BCUT2D eigenvalue weighted by Gasteiger charge is -2.41. The monoisotopic (exact) mass is 342 g/mol. The molecule has 6 heteroatoms. The van der Waals surface area contributed by atoms with Crippen LogP contribution in [-0.2, 0) is 29.2 Å². The minimum atomic E-state index is 0.349. The van der Waals surface area contributed by atoms with Gasteiger partial charge in [0.05, 0.1) is 36.8 Å². The van der Waals surface area contributed by atoms with E-state index in [0.29, 0.717) is 25.3 Å². The molecule has 0 saturated carbocycles. The van der Waals surface area contributed by atoms with Crippen LogP contribution in [0.25, 0.3) is 0 Å². The Bertz CT molecular complexity index is 682. The summed E-state index contributed by atoms with van der Waals surface area (Å²) in [6, 6.07) is 6.86. The molecule has 0 radical (unpaired) electrons. The van der Waals surface area contributed by atoms with Gasteiger partial charge in [-0.25, -0.2) is 4.98 Å². The third kappa shape index (κ3) is 3.61. The number of pyridine rings is 1. The summed E-state index contributed by atoms with van der Waals surface area (Å²) in [6.07, 6.45) is 6.03. The SMILES string of the molecule is CC1c2ncc(COCc3ccccn3)n2CCN1C1CCOCC1. The maximum Gasteiger partial charge on any atom is 0.126 e. The van der Waals surface area contributed by atoms with Crippen molar-refractivity contribution in [3.05, 3.63) is 47.8 Å². The van der Waals surface area contributed by atoms with E-state index in [-0.39, 0.29) is 0 Å². The van der Waals surface area contributed by atoms with Crippen LogP contribution >= 0.6 is 0 Å². The molecule has 6 nitrogen and oxygen atoms in total. The summed E-state index contributed by atoms with van der Waals surface area (Å²) in [4.78, 5) is 11.6. The van der Waals surface area contributed by atoms with Crippen molar-refractivity contribution in [3.8, 4) is 0 Å². The van der Waals surface area contributed by atoms with Crippen molar-refractivity contribution in [3.63, 3.8) is 0 Å². The zero-order chi connectivity index (χ0) is 17.1. The minimum Gasteiger partial charge on any atom is -0.381 e. The lowest BCUT2D eigenvalue weighted by atomic mass is 10.0. The van der Waals surface area contributed by atoms with Crippen LogP contribution in [0, 0.1) is 0 Å². The van der Waals surface area contributed by atoms with E-state index in [1.165, 1.54) is 0 Å². The van der Waals surface area contributed by atoms with Crippen molar-refractivity contribution < 1.29 is 9.47 Å². The quantitative estimate of drug-likeness (QED) is 0.836. The summed E-state index contributed by atoms with van der Waals surface area (Å²) < 4.78 is 13.7. The average Bonchev–Trinajstić information content (AvgIpc) is 3.08. The number of imidazole rings is 1. The molecule has 1 unspecified atom stereocenters. The summed E-state index contributed by atoms with van der Waals surface area (Å²) in [5.41, 5.74) is 2.12. The van der Waals surface area contributed by atoms with Crippen LogP contribution in [0.3, 0.4) is 0 Å². The molecule has 2 aromatic heterocycles. The number of ether oxygens (including phenoxy) is 2. The van der Waals surface area contributed by atoms with Gasteiger partial charge in [0.25, 0.3) is 0 Å². The Hall–Kier alpha value is -1.76. The molecule has 0 aromatic carbocycles. The molecular formula is C19H26N4O2. The van der Waals surface area contributed by atoms with Gasteiger partial charge in [-0.2, -0.15) is 0 Å². The van der Waals surface area contributed by atoms with Gasteiger partial charge in [-0.15, -0.1) is 0 Å². The van der Waals surface area contributed by atoms with Crippen molar-refractivity contribution in [1.29, 1.82) is 0 Å². The molecule has 0 spiro atoms. The predicted molar refractivity (Wildman–Crippen MR) is 93.9 cm³/mol. The molecular weight excluding hydrogens is 316 g/mol. The number of fused-ring (bicyclic) bond motifs is 1. The first-order valence-corrected chi connectivity index (χ1v) is 9.18. The van der Waals surface area contributed by atoms with Crippen LogP contribution in [-0.4, -0.2) is 45.2 Å². The highest BCUT2D eigenvalue weighted by Gasteiger charge is 2.32. The Morgan fingerprint density at radius 3 is 2.84 bits per heavy atom. The molecule has 4 rings (SSSR count). The molecule has 2 aromatic rings. The standard InChI is InChI=1S/C19H26N4O2/c1-15-19-21-12-18(14-25-13-16-4-2-3-7-20-16)23(19)9-8-22(15)17-5-10-24-11-6-17/h2-4,7,12,15,17H,5-6,8-11,13-14H2,1H3. The Morgan fingerprint density at radius 2 is 2.04 bits per heavy atom. The van der Waals surface area contributed by atoms with Crippen LogP contribution in [0.2, 0.25) is 0 Å². The fourth-order valence-electron chi connectivity index (χ4n) is 3.95. The molecule has 2 aliphatic heterocycles. The zero-order valence-corrected chi connectivity index (χ0v) is 14.8. The Kier molecular flexibility index (Phi) is 5.10. The normalized spacial score (nSPS) is 22.0. The van der Waals surface area contributed by atoms with E-state index in [2.05, 4.69) is 21.4 Å².